The Morgan fingerprint density at radius 3 is 2.23 bits per heavy atom. The number of imide groups is 1. The van der Waals surface area contributed by atoms with E-state index in [1.165, 1.54) is 43.3 Å². The summed E-state index contributed by atoms with van der Waals surface area (Å²) < 4.78 is 45.1. The van der Waals surface area contributed by atoms with Crippen molar-refractivity contribution in [1.82, 2.24) is 10.6 Å². The molecule has 164 valence electrons. The van der Waals surface area contributed by atoms with Crippen LogP contribution in [-0.2, 0) is 19.6 Å². The Balaban J connectivity index is 1.57. The molecule has 2 aromatic rings. The zero-order chi connectivity index (χ0) is 22.6. The number of hydrogen-bond acceptors (Lipinski definition) is 6. The number of ether oxygens (including phenoxy) is 1. The van der Waals surface area contributed by atoms with E-state index in [-0.39, 0.29) is 22.2 Å². The van der Waals surface area contributed by atoms with Gasteiger partial charge in [0.05, 0.1) is 10.5 Å². The van der Waals surface area contributed by atoms with Crippen LogP contribution >= 0.6 is 0 Å². The molecule has 0 bridgehead atoms. The van der Waals surface area contributed by atoms with Crippen LogP contribution in [0.4, 0.5) is 14.9 Å². The maximum atomic E-state index is 13.0. The fourth-order valence-corrected chi connectivity index (χ4v) is 3.51. The van der Waals surface area contributed by atoms with Crippen molar-refractivity contribution in [1.29, 1.82) is 0 Å². The smallest absolute Gasteiger partial charge is 0.338 e. The number of urea groups is 1. The maximum Gasteiger partial charge on any atom is 0.338 e. The van der Waals surface area contributed by atoms with E-state index < -0.39 is 39.9 Å². The lowest BCUT2D eigenvalue weighted by atomic mass is 10.2. The lowest BCUT2D eigenvalue weighted by Crippen LogP contribution is -2.45. The highest BCUT2D eigenvalue weighted by molar-refractivity contribution is 7.92. The van der Waals surface area contributed by atoms with Gasteiger partial charge in [-0.05, 0) is 68.3 Å². The standard InChI is InChI=1S/C20H20FN3O6S/c1-12(18(25)23-20(27)22-15-8-9-15)30-19(26)13-2-10-17(11-3-13)31(28,29)24-16-6-4-14(21)5-7-16/h2-7,10-12,15,24H,8-9H2,1H3,(H2,22,23,25,27). The molecule has 1 aliphatic rings. The molecule has 2 aromatic carbocycles. The monoisotopic (exact) mass is 449 g/mol. The Morgan fingerprint density at radius 2 is 1.65 bits per heavy atom. The molecule has 11 heteroatoms. The van der Waals surface area contributed by atoms with E-state index in [4.69, 9.17) is 4.74 Å². The minimum Gasteiger partial charge on any atom is -0.449 e. The summed E-state index contributed by atoms with van der Waals surface area (Å²) in [4.78, 5) is 35.6. The van der Waals surface area contributed by atoms with E-state index in [2.05, 4.69) is 15.4 Å². The van der Waals surface area contributed by atoms with Crippen molar-refractivity contribution >= 4 is 33.6 Å². The van der Waals surface area contributed by atoms with E-state index in [0.29, 0.717) is 0 Å². The van der Waals surface area contributed by atoms with Crippen LogP contribution in [0.2, 0.25) is 0 Å². The van der Waals surface area contributed by atoms with Crippen molar-refractivity contribution in [3.05, 3.63) is 59.9 Å². The largest absolute Gasteiger partial charge is 0.449 e. The Morgan fingerprint density at radius 1 is 1.03 bits per heavy atom. The maximum absolute atomic E-state index is 13.0. The minimum atomic E-state index is -3.96. The first kappa shape index (κ1) is 22.2. The third-order valence-corrected chi connectivity index (χ3v) is 5.70. The summed E-state index contributed by atoms with van der Waals surface area (Å²) in [6, 6.07) is 9.03. The normalized spacial score (nSPS) is 14.3. The van der Waals surface area contributed by atoms with Crippen LogP contribution in [0.25, 0.3) is 0 Å². The zero-order valence-corrected chi connectivity index (χ0v) is 17.2. The zero-order valence-electron chi connectivity index (χ0n) is 16.4. The highest BCUT2D eigenvalue weighted by Gasteiger charge is 2.26. The number of carbonyl (C=O) groups is 3. The number of nitrogens with one attached hydrogen (secondary N) is 3. The van der Waals surface area contributed by atoms with E-state index in [1.54, 1.807) is 0 Å². The first-order valence-electron chi connectivity index (χ1n) is 9.35. The second-order valence-electron chi connectivity index (χ2n) is 6.92. The van der Waals surface area contributed by atoms with Gasteiger partial charge in [0, 0.05) is 11.7 Å². The van der Waals surface area contributed by atoms with Gasteiger partial charge in [0.2, 0.25) is 0 Å². The lowest BCUT2D eigenvalue weighted by Gasteiger charge is -2.13. The van der Waals surface area contributed by atoms with Gasteiger partial charge in [-0.3, -0.25) is 14.8 Å². The lowest BCUT2D eigenvalue weighted by molar-refractivity contribution is -0.127. The molecule has 1 unspecified atom stereocenters. The van der Waals surface area contributed by atoms with E-state index in [9.17, 15) is 27.2 Å². The van der Waals surface area contributed by atoms with Crippen LogP contribution in [0, 0.1) is 5.82 Å². The molecular formula is C20H20FN3O6S. The molecule has 3 rings (SSSR count). The van der Waals surface area contributed by atoms with Gasteiger partial charge in [0.15, 0.2) is 6.10 Å². The average Bonchev–Trinajstić information content (AvgIpc) is 3.53. The second-order valence-corrected chi connectivity index (χ2v) is 8.60. The number of rotatable bonds is 7. The summed E-state index contributed by atoms with van der Waals surface area (Å²) in [7, 11) is -3.96. The topological polar surface area (TPSA) is 131 Å². The molecule has 0 heterocycles. The number of benzene rings is 2. The van der Waals surface area contributed by atoms with Gasteiger partial charge in [0.25, 0.3) is 15.9 Å². The fraction of sp³-hybridized carbons (Fsp3) is 0.250. The molecule has 1 fully saturated rings. The van der Waals surface area contributed by atoms with Gasteiger partial charge in [-0.1, -0.05) is 0 Å². The molecule has 3 N–H and O–H groups in total. The molecule has 1 atom stereocenters. The number of amides is 3. The Labute approximate surface area is 178 Å². The number of esters is 1. The molecule has 0 aliphatic heterocycles. The molecule has 9 nitrogen and oxygen atoms in total. The third-order valence-electron chi connectivity index (χ3n) is 4.30. The van der Waals surface area contributed by atoms with Gasteiger partial charge in [-0.25, -0.2) is 22.4 Å². The molecule has 31 heavy (non-hydrogen) atoms. The van der Waals surface area contributed by atoms with Gasteiger partial charge in [0.1, 0.15) is 5.82 Å². The van der Waals surface area contributed by atoms with E-state index in [0.717, 1.165) is 25.0 Å². The second kappa shape index (κ2) is 9.13. The summed E-state index contributed by atoms with van der Waals surface area (Å²) >= 11 is 0. The Kier molecular flexibility index (Phi) is 6.54. The van der Waals surface area contributed by atoms with Crippen LogP contribution < -0.4 is 15.4 Å². The van der Waals surface area contributed by atoms with E-state index >= 15 is 0 Å². The third kappa shape index (κ3) is 6.25. The predicted octanol–water partition coefficient (Wildman–Crippen LogP) is 2.16. The van der Waals surface area contributed by atoms with Crippen LogP contribution in [0.1, 0.15) is 30.1 Å². The quantitative estimate of drug-likeness (QED) is 0.555. The van der Waals surface area contributed by atoms with Crippen molar-refractivity contribution in [2.45, 2.75) is 36.8 Å². The average molecular weight is 449 g/mol. The summed E-state index contributed by atoms with van der Waals surface area (Å²) in [6.45, 7) is 1.31. The molecule has 0 radical (unpaired) electrons. The highest BCUT2D eigenvalue weighted by Crippen LogP contribution is 2.19. The summed E-state index contributed by atoms with van der Waals surface area (Å²) in [5.41, 5.74) is 0.193. The Hall–Kier alpha value is -3.47. The molecule has 0 spiro atoms. The number of sulfonamides is 1. The van der Waals surface area contributed by atoms with Crippen LogP contribution in [0.15, 0.2) is 53.4 Å². The highest BCUT2D eigenvalue weighted by atomic mass is 32.2. The van der Waals surface area contributed by atoms with Crippen LogP contribution in [-0.4, -0.2) is 38.5 Å². The molecule has 3 amide bonds. The number of anilines is 1. The van der Waals surface area contributed by atoms with Gasteiger partial charge >= 0.3 is 12.0 Å². The molecule has 1 saturated carbocycles. The van der Waals surface area contributed by atoms with Crippen molar-refractivity contribution < 1.29 is 31.9 Å². The summed E-state index contributed by atoms with van der Waals surface area (Å²) in [5, 5.41) is 4.66. The fourth-order valence-electron chi connectivity index (χ4n) is 2.45. The van der Waals surface area contributed by atoms with Gasteiger partial charge in [-0.15, -0.1) is 0 Å². The van der Waals surface area contributed by atoms with E-state index in [1.807, 2.05) is 0 Å². The van der Waals surface area contributed by atoms with Crippen LogP contribution in [0.5, 0.6) is 0 Å². The molecule has 0 saturated heterocycles. The number of hydrogen-bond donors (Lipinski definition) is 3. The van der Waals surface area contributed by atoms with Crippen LogP contribution in [0.3, 0.4) is 0 Å². The first-order valence-corrected chi connectivity index (χ1v) is 10.8. The molecular weight excluding hydrogens is 429 g/mol. The van der Waals surface area contributed by atoms with Crippen molar-refractivity contribution in [3.8, 4) is 0 Å². The minimum absolute atomic E-state index is 0.0165. The molecule has 1 aliphatic carbocycles. The summed E-state index contributed by atoms with van der Waals surface area (Å²) in [5.74, 6) is -2.15. The van der Waals surface area contributed by atoms with Gasteiger partial charge < -0.3 is 10.1 Å². The van der Waals surface area contributed by atoms with Crippen molar-refractivity contribution in [3.63, 3.8) is 0 Å². The van der Waals surface area contributed by atoms with Crippen molar-refractivity contribution in [2.75, 3.05) is 4.72 Å². The number of halogens is 1. The SMILES string of the molecule is CC(OC(=O)c1ccc(S(=O)(=O)Nc2ccc(F)cc2)cc1)C(=O)NC(=O)NC1CC1. The predicted molar refractivity (Wildman–Crippen MR) is 108 cm³/mol. The first-order chi connectivity index (χ1) is 14.6. The van der Waals surface area contributed by atoms with Gasteiger partial charge in [-0.2, -0.15) is 0 Å². The molecule has 0 aromatic heterocycles. The van der Waals surface area contributed by atoms with Crippen molar-refractivity contribution in [2.24, 2.45) is 0 Å². The summed E-state index contributed by atoms with van der Waals surface area (Å²) in [6.07, 6.45) is 0.482. The Bertz CT molecular complexity index is 1080. The number of carbonyl (C=O) groups excluding carboxylic acids is 3.